The Labute approximate surface area is 145 Å². The second-order valence-corrected chi connectivity index (χ2v) is 6.04. The lowest BCUT2D eigenvalue weighted by molar-refractivity contribution is -0.121. The summed E-state index contributed by atoms with van der Waals surface area (Å²) in [5, 5.41) is 2.95. The third-order valence-corrected chi connectivity index (χ3v) is 4.40. The van der Waals surface area contributed by atoms with Crippen molar-refractivity contribution < 1.29 is 14.3 Å². The molecule has 3 aromatic rings. The number of carbonyl (C=O) groups is 1. The summed E-state index contributed by atoms with van der Waals surface area (Å²) >= 11 is 0. The van der Waals surface area contributed by atoms with Crippen molar-refractivity contribution in [3.05, 3.63) is 53.9 Å². The van der Waals surface area contributed by atoms with Gasteiger partial charge in [-0.1, -0.05) is 18.2 Å². The summed E-state index contributed by atoms with van der Waals surface area (Å²) in [4.78, 5) is 16.7. The van der Waals surface area contributed by atoms with Crippen LogP contribution in [-0.2, 0) is 24.8 Å². The van der Waals surface area contributed by atoms with Crippen LogP contribution in [0, 0.1) is 0 Å². The SMILES string of the molecule is Cn1c(CNC(=O)CCc2ccc3c(c2)OCO3)nc2ccccc21. The first-order valence-electron chi connectivity index (χ1n) is 8.26. The van der Waals surface area contributed by atoms with Crippen molar-refractivity contribution in [2.45, 2.75) is 19.4 Å². The van der Waals surface area contributed by atoms with Crippen molar-refractivity contribution in [1.82, 2.24) is 14.9 Å². The molecule has 6 heteroatoms. The van der Waals surface area contributed by atoms with Gasteiger partial charge in [0.2, 0.25) is 12.7 Å². The Hall–Kier alpha value is -3.02. The third kappa shape index (κ3) is 3.15. The monoisotopic (exact) mass is 337 g/mol. The maximum absolute atomic E-state index is 12.1. The molecular weight excluding hydrogens is 318 g/mol. The van der Waals surface area contributed by atoms with Crippen LogP contribution < -0.4 is 14.8 Å². The van der Waals surface area contributed by atoms with Crippen LogP contribution in [0.15, 0.2) is 42.5 Å². The van der Waals surface area contributed by atoms with Crippen LogP contribution >= 0.6 is 0 Å². The Morgan fingerprint density at radius 1 is 1.20 bits per heavy atom. The molecule has 0 atom stereocenters. The van der Waals surface area contributed by atoms with Crippen molar-refractivity contribution in [2.75, 3.05) is 6.79 Å². The highest BCUT2D eigenvalue weighted by molar-refractivity contribution is 5.77. The van der Waals surface area contributed by atoms with E-state index in [2.05, 4.69) is 10.3 Å². The number of aromatic nitrogens is 2. The molecule has 0 spiro atoms. The first-order chi connectivity index (χ1) is 12.2. The van der Waals surface area contributed by atoms with E-state index in [9.17, 15) is 4.79 Å². The minimum Gasteiger partial charge on any atom is -0.454 e. The molecule has 0 saturated heterocycles. The van der Waals surface area contributed by atoms with Crippen LogP contribution in [0.5, 0.6) is 11.5 Å². The second-order valence-electron chi connectivity index (χ2n) is 6.04. The number of fused-ring (bicyclic) bond motifs is 2. The molecule has 1 N–H and O–H groups in total. The Balaban J connectivity index is 1.33. The standard InChI is InChI=1S/C19H19N3O3/c1-22-15-5-3-2-4-14(15)21-18(22)11-20-19(23)9-7-13-6-8-16-17(10-13)25-12-24-16/h2-6,8,10H,7,9,11-12H2,1H3,(H,20,23). The molecule has 1 amide bonds. The number of amides is 1. The van der Waals surface area contributed by atoms with Gasteiger partial charge in [-0.05, 0) is 36.2 Å². The van der Waals surface area contributed by atoms with Gasteiger partial charge in [-0.15, -0.1) is 0 Å². The Bertz CT molecular complexity index is 933. The van der Waals surface area contributed by atoms with Crippen LogP contribution in [0.2, 0.25) is 0 Å². The van der Waals surface area contributed by atoms with E-state index in [1.165, 1.54) is 0 Å². The topological polar surface area (TPSA) is 65.4 Å². The summed E-state index contributed by atoms with van der Waals surface area (Å²) in [6, 6.07) is 13.7. The molecule has 0 bridgehead atoms. The van der Waals surface area contributed by atoms with Gasteiger partial charge in [0.25, 0.3) is 0 Å². The van der Waals surface area contributed by atoms with E-state index in [4.69, 9.17) is 9.47 Å². The largest absolute Gasteiger partial charge is 0.454 e. The van der Waals surface area contributed by atoms with Crippen molar-refractivity contribution in [1.29, 1.82) is 0 Å². The van der Waals surface area contributed by atoms with Crippen LogP contribution in [0.25, 0.3) is 11.0 Å². The highest BCUT2D eigenvalue weighted by Gasteiger charge is 2.14. The minimum absolute atomic E-state index is 0.00437. The van der Waals surface area contributed by atoms with E-state index in [0.29, 0.717) is 19.4 Å². The second kappa shape index (κ2) is 6.47. The van der Waals surface area contributed by atoms with E-state index in [1.807, 2.05) is 54.1 Å². The van der Waals surface area contributed by atoms with Crippen LogP contribution in [-0.4, -0.2) is 22.3 Å². The van der Waals surface area contributed by atoms with Crippen LogP contribution in [0.1, 0.15) is 17.8 Å². The van der Waals surface area contributed by atoms with E-state index < -0.39 is 0 Å². The molecule has 1 aliphatic rings. The van der Waals surface area contributed by atoms with Gasteiger partial charge in [0, 0.05) is 13.5 Å². The van der Waals surface area contributed by atoms with Gasteiger partial charge in [-0.25, -0.2) is 4.98 Å². The van der Waals surface area contributed by atoms with Crippen LogP contribution in [0.4, 0.5) is 0 Å². The zero-order valence-electron chi connectivity index (χ0n) is 14.0. The molecule has 128 valence electrons. The summed E-state index contributed by atoms with van der Waals surface area (Å²) in [5.41, 5.74) is 3.06. The van der Waals surface area contributed by atoms with Gasteiger partial charge in [-0.2, -0.15) is 0 Å². The molecule has 1 aliphatic heterocycles. The number of para-hydroxylation sites is 2. The third-order valence-electron chi connectivity index (χ3n) is 4.40. The lowest BCUT2D eigenvalue weighted by atomic mass is 10.1. The molecule has 2 heterocycles. The smallest absolute Gasteiger partial charge is 0.231 e. The number of hydrogen-bond donors (Lipinski definition) is 1. The van der Waals surface area contributed by atoms with E-state index >= 15 is 0 Å². The molecule has 0 fully saturated rings. The van der Waals surface area contributed by atoms with Gasteiger partial charge in [0.1, 0.15) is 5.82 Å². The molecule has 0 aliphatic carbocycles. The lowest BCUT2D eigenvalue weighted by Gasteiger charge is -2.06. The summed E-state index contributed by atoms with van der Waals surface area (Å²) in [6.45, 7) is 0.683. The molecule has 2 aromatic carbocycles. The molecular formula is C19H19N3O3. The van der Waals surface area contributed by atoms with Crippen LogP contribution in [0.3, 0.4) is 0 Å². The number of nitrogens with zero attached hydrogens (tertiary/aromatic N) is 2. The minimum atomic E-state index is 0.00437. The van der Waals surface area contributed by atoms with Gasteiger partial charge >= 0.3 is 0 Å². The number of imidazole rings is 1. The first kappa shape index (κ1) is 15.5. The average Bonchev–Trinajstić information content (AvgIpc) is 3.22. The van der Waals surface area contributed by atoms with Crippen molar-refractivity contribution in [2.24, 2.45) is 7.05 Å². The molecule has 25 heavy (non-hydrogen) atoms. The molecule has 4 rings (SSSR count). The van der Waals surface area contributed by atoms with E-state index in [-0.39, 0.29) is 12.7 Å². The highest BCUT2D eigenvalue weighted by atomic mass is 16.7. The number of hydrogen-bond acceptors (Lipinski definition) is 4. The normalized spacial score (nSPS) is 12.5. The van der Waals surface area contributed by atoms with Crippen molar-refractivity contribution in [3.8, 4) is 11.5 Å². The predicted molar refractivity (Wildman–Crippen MR) is 93.4 cm³/mol. The molecule has 1 aromatic heterocycles. The van der Waals surface area contributed by atoms with E-state index in [0.717, 1.165) is 33.9 Å². The summed E-state index contributed by atoms with van der Waals surface area (Å²) in [7, 11) is 1.96. The number of ether oxygens (including phenoxy) is 2. The molecule has 0 unspecified atom stereocenters. The number of rotatable bonds is 5. The average molecular weight is 337 g/mol. The summed E-state index contributed by atoms with van der Waals surface area (Å²) in [6.07, 6.45) is 1.08. The Morgan fingerprint density at radius 2 is 2.04 bits per heavy atom. The van der Waals surface area contributed by atoms with Gasteiger partial charge < -0.3 is 19.4 Å². The molecule has 0 saturated carbocycles. The van der Waals surface area contributed by atoms with Crippen molar-refractivity contribution in [3.63, 3.8) is 0 Å². The maximum atomic E-state index is 12.1. The quantitative estimate of drug-likeness (QED) is 0.777. The zero-order chi connectivity index (χ0) is 17.2. The van der Waals surface area contributed by atoms with Gasteiger partial charge in [-0.3, -0.25) is 4.79 Å². The fourth-order valence-electron chi connectivity index (χ4n) is 2.97. The summed E-state index contributed by atoms with van der Waals surface area (Å²) < 4.78 is 12.7. The number of carbonyl (C=O) groups excluding carboxylic acids is 1. The first-order valence-corrected chi connectivity index (χ1v) is 8.26. The number of nitrogens with one attached hydrogen (secondary N) is 1. The fraction of sp³-hybridized carbons (Fsp3) is 0.263. The lowest BCUT2D eigenvalue weighted by Crippen LogP contribution is -2.24. The Morgan fingerprint density at radius 3 is 2.92 bits per heavy atom. The van der Waals surface area contributed by atoms with E-state index in [1.54, 1.807) is 0 Å². The highest BCUT2D eigenvalue weighted by Crippen LogP contribution is 2.32. The predicted octanol–water partition coefficient (Wildman–Crippen LogP) is 2.55. The van der Waals surface area contributed by atoms with Crippen molar-refractivity contribution >= 4 is 16.9 Å². The van der Waals surface area contributed by atoms with Gasteiger partial charge in [0.05, 0.1) is 17.6 Å². The fourth-order valence-corrected chi connectivity index (χ4v) is 2.97. The molecule has 0 radical (unpaired) electrons. The Kier molecular flexibility index (Phi) is 4.01. The zero-order valence-corrected chi connectivity index (χ0v) is 14.0. The van der Waals surface area contributed by atoms with Gasteiger partial charge in [0.15, 0.2) is 11.5 Å². The number of benzene rings is 2. The molecule has 6 nitrogen and oxygen atoms in total. The maximum Gasteiger partial charge on any atom is 0.231 e. The number of aryl methyl sites for hydroxylation is 2. The summed E-state index contributed by atoms with van der Waals surface area (Å²) in [5.74, 6) is 2.36.